The second-order valence-electron chi connectivity index (χ2n) is 8.26. The van der Waals surface area contributed by atoms with Crippen LogP contribution in [0.25, 0.3) is 23.0 Å². The summed E-state index contributed by atoms with van der Waals surface area (Å²) in [7, 11) is 1.49. The second-order valence-corrected chi connectivity index (χ2v) is 8.26. The molecule has 0 unspecified atom stereocenters. The third-order valence-electron chi connectivity index (χ3n) is 5.90. The number of nitrogens with zero attached hydrogens (tertiary/aromatic N) is 4. The van der Waals surface area contributed by atoms with E-state index in [0.29, 0.717) is 29.2 Å². The second kappa shape index (κ2) is 11.3. The van der Waals surface area contributed by atoms with Gasteiger partial charge in [0.25, 0.3) is 11.8 Å². The molecule has 37 heavy (non-hydrogen) atoms. The van der Waals surface area contributed by atoms with E-state index in [9.17, 15) is 14.9 Å². The van der Waals surface area contributed by atoms with Crippen molar-refractivity contribution >= 4 is 17.9 Å². The topological polar surface area (TPSA) is 97.4 Å². The first-order chi connectivity index (χ1) is 18.0. The number of hydrogen-bond donors (Lipinski definition) is 0. The van der Waals surface area contributed by atoms with Crippen LogP contribution in [0.4, 0.5) is 0 Å². The van der Waals surface area contributed by atoms with Crippen LogP contribution in [0, 0.1) is 11.3 Å². The molecule has 0 fully saturated rings. The molecular formula is C29H26N4O4. The average molecular weight is 495 g/mol. The first-order valence-corrected chi connectivity index (χ1v) is 11.7. The minimum Gasteiger partial charge on any atom is -0.490 e. The number of para-hydroxylation sites is 1. The Hall–Kier alpha value is -4.74. The normalized spacial score (nSPS) is 14.7. The van der Waals surface area contributed by atoms with Gasteiger partial charge in [-0.15, -0.1) is 0 Å². The van der Waals surface area contributed by atoms with Gasteiger partial charge in [-0.1, -0.05) is 30.9 Å². The third kappa shape index (κ3) is 5.27. The van der Waals surface area contributed by atoms with E-state index in [1.54, 1.807) is 23.8 Å². The van der Waals surface area contributed by atoms with Crippen molar-refractivity contribution in [2.45, 2.75) is 6.92 Å². The molecule has 1 aromatic heterocycles. The van der Waals surface area contributed by atoms with Gasteiger partial charge in [0.05, 0.1) is 24.5 Å². The Bertz CT molecular complexity index is 1430. The lowest BCUT2D eigenvalue weighted by Crippen LogP contribution is -2.44. The fourth-order valence-electron chi connectivity index (χ4n) is 3.97. The molecule has 8 nitrogen and oxygen atoms in total. The van der Waals surface area contributed by atoms with Gasteiger partial charge in [-0.2, -0.15) is 10.4 Å². The predicted octanol–water partition coefficient (Wildman–Crippen LogP) is 4.34. The Morgan fingerprint density at radius 1 is 1.08 bits per heavy atom. The van der Waals surface area contributed by atoms with Gasteiger partial charge >= 0.3 is 0 Å². The van der Waals surface area contributed by atoms with Crippen LogP contribution in [0.2, 0.25) is 0 Å². The van der Waals surface area contributed by atoms with E-state index in [1.807, 2.05) is 66.9 Å². The highest BCUT2D eigenvalue weighted by atomic mass is 16.5. The predicted molar refractivity (Wildman–Crippen MR) is 140 cm³/mol. The molecule has 2 amide bonds. The highest BCUT2D eigenvalue weighted by molar-refractivity contribution is 6.19. The van der Waals surface area contributed by atoms with Crippen LogP contribution in [0.3, 0.4) is 0 Å². The number of rotatable bonds is 9. The van der Waals surface area contributed by atoms with Gasteiger partial charge in [0.1, 0.15) is 24.0 Å². The lowest BCUT2D eigenvalue weighted by atomic mass is 9.93. The lowest BCUT2D eigenvalue weighted by Gasteiger charge is -2.27. The Labute approximate surface area is 215 Å². The molecule has 0 bridgehead atoms. The number of imide groups is 1. The van der Waals surface area contributed by atoms with Gasteiger partial charge in [0, 0.05) is 30.0 Å². The summed E-state index contributed by atoms with van der Waals surface area (Å²) in [6.45, 7) is 5.88. The number of ether oxygens (including phenoxy) is 2. The summed E-state index contributed by atoms with van der Waals surface area (Å²) >= 11 is 0. The number of amides is 2. The van der Waals surface area contributed by atoms with E-state index in [-0.39, 0.29) is 24.3 Å². The fraction of sp³-hybridized carbons (Fsp3) is 0.172. The zero-order chi connectivity index (χ0) is 26.4. The number of aromatic nitrogens is 2. The van der Waals surface area contributed by atoms with E-state index in [4.69, 9.17) is 14.6 Å². The first-order valence-electron chi connectivity index (χ1n) is 11.7. The standard InChI is InChI=1S/C29H26N4O4/c1-4-15-37-24-12-10-21(11-13-24)27-22(19-33(31-27)23-8-6-5-7-9-23)17-25-20(2)26(18-30)29(35)32(28(25)34)14-16-36-3/h4-13,17,19H,1,14-16H2,2-3H3/b25-17+. The maximum atomic E-state index is 13.4. The molecule has 0 radical (unpaired) electrons. The number of carbonyl (C=O) groups excluding carboxylic acids is 2. The zero-order valence-electron chi connectivity index (χ0n) is 20.7. The molecule has 0 spiro atoms. The fourth-order valence-corrected chi connectivity index (χ4v) is 3.97. The Morgan fingerprint density at radius 3 is 2.46 bits per heavy atom. The molecule has 0 saturated heterocycles. The highest BCUT2D eigenvalue weighted by Gasteiger charge is 2.35. The molecule has 1 aliphatic heterocycles. The quantitative estimate of drug-likeness (QED) is 0.249. The summed E-state index contributed by atoms with van der Waals surface area (Å²) in [6, 6.07) is 19.0. The Kier molecular flexibility index (Phi) is 7.77. The summed E-state index contributed by atoms with van der Waals surface area (Å²) in [5, 5.41) is 14.5. The number of hydrogen-bond acceptors (Lipinski definition) is 6. The molecule has 3 aromatic rings. The van der Waals surface area contributed by atoms with Crippen LogP contribution in [-0.2, 0) is 14.3 Å². The van der Waals surface area contributed by atoms with E-state index in [2.05, 4.69) is 6.58 Å². The number of nitriles is 1. The van der Waals surface area contributed by atoms with Crippen molar-refractivity contribution in [3.05, 3.63) is 95.7 Å². The van der Waals surface area contributed by atoms with Crippen LogP contribution in [-0.4, -0.2) is 53.4 Å². The van der Waals surface area contributed by atoms with E-state index >= 15 is 0 Å². The van der Waals surface area contributed by atoms with Crippen molar-refractivity contribution in [1.82, 2.24) is 14.7 Å². The zero-order valence-corrected chi connectivity index (χ0v) is 20.7. The highest BCUT2D eigenvalue weighted by Crippen LogP contribution is 2.31. The SMILES string of the molecule is C=CCOc1ccc(-c2nn(-c3ccccc3)cc2/C=C2/C(=O)N(CCOC)C(=O)C(C#N)=C2C)cc1. The molecule has 8 heteroatoms. The largest absolute Gasteiger partial charge is 0.490 e. The third-order valence-corrected chi connectivity index (χ3v) is 5.90. The van der Waals surface area contributed by atoms with Gasteiger partial charge in [0.15, 0.2) is 0 Å². The molecule has 2 heterocycles. The monoisotopic (exact) mass is 494 g/mol. The molecule has 0 atom stereocenters. The summed E-state index contributed by atoms with van der Waals surface area (Å²) in [6.07, 6.45) is 5.18. The smallest absolute Gasteiger partial charge is 0.271 e. The molecule has 0 saturated carbocycles. The van der Waals surface area contributed by atoms with Crippen LogP contribution >= 0.6 is 0 Å². The van der Waals surface area contributed by atoms with Crippen molar-refractivity contribution in [2.75, 3.05) is 26.9 Å². The molecule has 186 valence electrons. The minimum atomic E-state index is -0.616. The lowest BCUT2D eigenvalue weighted by molar-refractivity contribution is -0.141. The summed E-state index contributed by atoms with van der Waals surface area (Å²) in [4.78, 5) is 27.2. The van der Waals surface area contributed by atoms with E-state index < -0.39 is 11.8 Å². The van der Waals surface area contributed by atoms with Gasteiger partial charge in [-0.25, -0.2) is 4.68 Å². The average Bonchev–Trinajstić information content (AvgIpc) is 3.35. The Balaban J connectivity index is 1.85. The maximum absolute atomic E-state index is 13.4. The number of methoxy groups -OCH3 is 1. The van der Waals surface area contributed by atoms with Crippen LogP contribution in [0.1, 0.15) is 12.5 Å². The molecule has 0 N–H and O–H groups in total. The van der Waals surface area contributed by atoms with Gasteiger partial charge < -0.3 is 9.47 Å². The van der Waals surface area contributed by atoms with Crippen molar-refractivity contribution in [3.8, 4) is 28.8 Å². The minimum absolute atomic E-state index is 0.0479. The van der Waals surface area contributed by atoms with E-state index in [0.717, 1.165) is 16.2 Å². The van der Waals surface area contributed by atoms with Crippen molar-refractivity contribution in [1.29, 1.82) is 5.26 Å². The first kappa shape index (κ1) is 25.4. The molecule has 1 aliphatic rings. The maximum Gasteiger partial charge on any atom is 0.271 e. The molecule has 2 aromatic carbocycles. The van der Waals surface area contributed by atoms with E-state index in [1.165, 1.54) is 7.11 Å². The summed E-state index contributed by atoms with van der Waals surface area (Å²) < 4.78 is 12.4. The van der Waals surface area contributed by atoms with Crippen molar-refractivity contribution in [3.63, 3.8) is 0 Å². The summed E-state index contributed by atoms with van der Waals surface area (Å²) in [5.74, 6) is -0.405. The van der Waals surface area contributed by atoms with Gasteiger partial charge in [-0.3, -0.25) is 14.5 Å². The van der Waals surface area contributed by atoms with Gasteiger partial charge in [-0.05, 0) is 55.0 Å². The van der Waals surface area contributed by atoms with Crippen LogP contribution < -0.4 is 4.74 Å². The van der Waals surface area contributed by atoms with Crippen molar-refractivity contribution in [2.24, 2.45) is 0 Å². The van der Waals surface area contributed by atoms with Crippen LogP contribution in [0.15, 0.2) is 90.2 Å². The molecule has 0 aliphatic carbocycles. The number of benzene rings is 2. The summed E-state index contributed by atoms with van der Waals surface area (Å²) in [5.41, 5.74) is 3.46. The molecule has 4 rings (SSSR count). The Morgan fingerprint density at radius 2 is 1.81 bits per heavy atom. The number of carbonyl (C=O) groups is 2. The van der Waals surface area contributed by atoms with Gasteiger partial charge in [0.2, 0.25) is 0 Å². The van der Waals surface area contributed by atoms with Crippen molar-refractivity contribution < 1.29 is 19.1 Å². The van der Waals surface area contributed by atoms with Crippen LogP contribution in [0.5, 0.6) is 5.75 Å². The molecular weight excluding hydrogens is 468 g/mol.